The number of benzene rings is 1. The van der Waals surface area contributed by atoms with Gasteiger partial charge in [0.1, 0.15) is 6.10 Å². The van der Waals surface area contributed by atoms with Gasteiger partial charge in [0.05, 0.1) is 18.3 Å². The van der Waals surface area contributed by atoms with E-state index in [1.807, 2.05) is 13.8 Å². The number of carboxylic acid groups (broad SMARTS) is 1. The monoisotopic (exact) mass is 454 g/mol. The summed E-state index contributed by atoms with van der Waals surface area (Å²) in [4.78, 5) is 10.6. The number of carboxylic acids is 1. The van der Waals surface area contributed by atoms with Crippen molar-refractivity contribution in [3.63, 3.8) is 0 Å². The molecular formula is C25H39FO6. The maximum Gasteiger partial charge on any atom is 0.303 e. The van der Waals surface area contributed by atoms with Gasteiger partial charge in [-0.3, -0.25) is 4.79 Å². The van der Waals surface area contributed by atoms with Crippen LogP contribution in [0.1, 0.15) is 71.6 Å². The van der Waals surface area contributed by atoms with E-state index in [9.17, 15) is 24.5 Å². The number of aliphatic carboxylic acids is 1. The van der Waals surface area contributed by atoms with E-state index in [2.05, 4.69) is 0 Å². The van der Waals surface area contributed by atoms with E-state index in [0.29, 0.717) is 25.7 Å². The lowest BCUT2D eigenvalue weighted by Gasteiger charge is -2.30. The molecule has 0 aromatic heterocycles. The Kier molecular flexibility index (Phi) is 10.9. The molecule has 182 valence electrons. The Morgan fingerprint density at radius 1 is 1.06 bits per heavy atom. The molecule has 2 unspecified atom stereocenters. The molecule has 0 aliphatic heterocycles. The number of halogens is 1. The predicted octanol–water partition coefficient (Wildman–Crippen LogP) is 4.15. The Morgan fingerprint density at radius 3 is 2.31 bits per heavy atom. The average molecular weight is 455 g/mol. The maximum absolute atomic E-state index is 14.0. The van der Waals surface area contributed by atoms with Crippen molar-refractivity contribution in [2.24, 2.45) is 17.8 Å². The molecule has 6 atom stereocenters. The van der Waals surface area contributed by atoms with Crippen LogP contribution in [-0.4, -0.2) is 50.8 Å². The molecule has 7 heteroatoms. The second-order valence-corrected chi connectivity index (χ2v) is 9.45. The maximum atomic E-state index is 14.0. The van der Waals surface area contributed by atoms with Crippen molar-refractivity contribution in [2.75, 3.05) is 0 Å². The molecular weight excluding hydrogens is 415 g/mol. The lowest BCUT2D eigenvalue weighted by atomic mass is 9.84. The van der Waals surface area contributed by atoms with E-state index in [0.717, 1.165) is 25.7 Å². The lowest BCUT2D eigenvalue weighted by Crippen LogP contribution is -2.37. The second kappa shape index (κ2) is 13.1. The smallest absolute Gasteiger partial charge is 0.303 e. The van der Waals surface area contributed by atoms with Crippen molar-refractivity contribution in [3.8, 4) is 5.75 Å². The summed E-state index contributed by atoms with van der Waals surface area (Å²) in [5.41, 5.74) is 0. The molecule has 0 radical (unpaired) electrons. The molecule has 1 aromatic rings. The molecule has 2 rings (SSSR count). The molecule has 0 heterocycles. The Balaban J connectivity index is 1.87. The third kappa shape index (κ3) is 8.01. The zero-order valence-electron chi connectivity index (χ0n) is 19.2. The van der Waals surface area contributed by atoms with Crippen LogP contribution in [0.25, 0.3) is 0 Å². The van der Waals surface area contributed by atoms with Gasteiger partial charge in [-0.15, -0.1) is 0 Å². The molecule has 6 nitrogen and oxygen atoms in total. The molecule has 0 amide bonds. The molecule has 1 aliphatic rings. The number of hydrogen-bond donors (Lipinski definition) is 4. The Morgan fingerprint density at radius 2 is 1.69 bits per heavy atom. The zero-order valence-corrected chi connectivity index (χ0v) is 19.2. The summed E-state index contributed by atoms with van der Waals surface area (Å²) in [6.45, 7) is 3.83. The molecule has 32 heavy (non-hydrogen) atoms. The fourth-order valence-corrected chi connectivity index (χ4v) is 4.86. The van der Waals surface area contributed by atoms with Crippen LogP contribution >= 0.6 is 0 Å². The van der Waals surface area contributed by atoms with Crippen LogP contribution in [-0.2, 0) is 4.79 Å². The number of rotatable bonds is 14. The summed E-state index contributed by atoms with van der Waals surface area (Å²) in [5.74, 6) is -1.33. The largest absolute Gasteiger partial charge is 0.484 e. The van der Waals surface area contributed by atoms with E-state index < -0.39 is 36.2 Å². The molecule has 0 spiro atoms. The van der Waals surface area contributed by atoms with E-state index in [-0.39, 0.29) is 29.9 Å². The lowest BCUT2D eigenvalue weighted by molar-refractivity contribution is -0.137. The predicted molar refractivity (Wildman–Crippen MR) is 120 cm³/mol. The van der Waals surface area contributed by atoms with Crippen LogP contribution in [0, 0.1) is 23.6 Å². The third-order valence-electron chi connectivity index (χ3n) is 6.63. The van der Waals surface area contributed by atoms with E-state index >= 15 is 0 Å². The average Bonchev–Trinajstić information content (AvgIpc) is 3.00. The Bertz CT molecular complexity index is 697. The summed E-state index contributed by atoms with van der Waals surface area (Å²) < 4.78 is 19.8. The first-order valence-electron chi connectivity index (χ1n) is 11.9. The first kappa shape index (κ1) is 26.6. The number of hydrogen-bond acceptors (Lipinski definition) is 5. The summed E-state index contributed by atoms with van der Waals surface area (Å²) in [7, 11) is 0. The number of unbranched alkanes of at least 4 members (excludes halogenated alkanes) is 3. The van der Waals surface area contributed by atoms with Gasteiger partial charge in [-0.25, -0.2) is 4.39 Å². The SMILES string of the molecule is CC(C)C(Oc1ccccc1F)C(O)CC[C@@H]1[C@@H](CCCCCCC(=O)O)[C@@H](O)C[C@H]1O. The third-order valence-corrected chi connectivity index (χ3v) is 6.63. The highest BCUT2D eigenvalue weighted by Gasteiger charge is 2.41. The number of aliphatic hydroxyl groups is 3. The first-order chi connectivity index (χ1) is 15.2. The fraction of sp³-hybridized carbons (Fsp3) is 0.720. The zero-order chi connectivity index (χ0) is 23.7. The van der Waals surface area contributed by atoms with Crippen molar-refractivity contribution in [2.45, 2.75) is 96.1 Å². The normalized spacial score (nSPS) is 25.1. The van der Waals surface area contributed by atoms with Crippen molar-refractivity contribution < 1.29 is 34.3 Å². The summed E-state index contributed by atoms with van der Waals surface area (Å²) in [6.07, 6.45) is 2.90. The molecule has 4 N–H and O–H groups in total. The van der Waals surface area contributed by atoms with Crippen molar-refractivity contribution >= 4 is 5.97 Å². The van der Waals surface area contributed by atoms with Gasteiger partial charge in [0.15, 0.2) is 11.6 Å². The van der Waals surface area contributed by atoms with Gasteiger partial charge in [-0.1, -0.05) is 45.2 Å². The minimum Gasteiger partial charge on any atom is -0.484 e. The molecule has 1 aliphatic carbocycles. The minimum atomic E-state index is -0.823. The van der Waals surface area contributed by atoms with Gasteiger partial charge in [0.2, 0.25) is 0 Å². The van der Waals surface area contributed by atoms with E-state index in [4.69, 9.17) is 9.84 Å². The van der Waals surface area contributed by atoms with Crippen molar-refractivity contribution in [1.82, 2.24) is 0 Å². The van der Waals surface area contributed by atoms with Crippen LogP contribution < -0.4 is 4.74 Å². The number of para-hydroxylation sites is 1. The highest BCUT2D eigenvalue weighted by molar-refractivity contribution is 5.66. The molecule has 0 bridgehead atoms. The van der Waals surface area contributed by atoms with E-state index in [1.54, 1.807) is 18.2 Å². The first-order valence-corrected chi connectivity index (χ1v) is 11.9. The topological polar surface area (TPSA) is 107 Å². The summed E-state index contributed by atoms with van der Waals surface area (Å²) in [5, 5.41) is 40.4. The number of carbonyl (C=O) groups is 1. The Hall–Kier alpha value is -1.70. The van der Waals surface area contributed by atoms with Gasteiger partial charge in [0, 0.05) is 6.42 Å². The van der Waals surface area contributed by atoms with Gasteiger partial charge in [-0.2, -0.15) is 0 Å². The highest BCUT2D eigenvalue weighted by Crippen LogP contribution is 2.39. The molecule has 0 saturated heterocycles. The highest BCUT2D eigenvalue weighted by atomic mass is 19.1. The number of aliphatic hydroxyl groups excluding tert-OH is 3. The van der Waals surface area contributed by atoms with Gasteiger partial charge in [0.25, 0.3) is 0 Å². The standard InChI is InChI=1S/C25H39FO6/c1-16(2)25(32-23-11-8-7-10-19(23)26)20(27)14-13-18-17(21(28)15-22(18)29)9-5-3-4-6-12-24(30)31/h7-8,10-11,16-18,20-22,25,27-29H,3-6,9,12-15H2,1-2H3,(H,30,31)/t17-,18-,20?,21+,22-,25?/m1/s1. The minimum absolute atomic E-state index is 0.0368. The van der Waals surface area contributed by atoms with Crippen molar-refractivity contribution in [1.29, 1.82) is 0 Å². The van der Waals surface area contributed by atoms with Crippen LogP contribution in [0.15, 0.2) is 24.3 Å². The van der Waals surface area contributed by atoms with Gasteiger partial charge < -0.3 is 25.2 Å². The van der Waals surface area contributed by atoms with Crippen LogP contribution in [0.2, 0.25) is 0 Å². The van der Waals surface area contributed by atoms with Crippen LogP contribution in [0.4, 0.5) is 4.39 Å². The number of ether oxygens (including phenoxy) is 1. The van der Waals surface area contributed by atoms with Gasteiger partial charge in [-0.05, 0) is 62.0 Å². The van der Waals surface area contributed by atoms with E-state index in [1.165, 1.54) is 6.07 Å². The fourth-order valence-electron chi connectivity index (χ4n) is 4.86. The quantitative estimate of drug-likeness (QED) is 0.315. The second-order valence-electron chi connectivity index (χ2n) is 9.45. The summed E-state index contributed by atoms with van der Waals surface area (Å²) in [6, 6.07) is 6.13. The van der Waals surface area contributed by atoms with Crippen LogP contribution in [0.3, 0.4) is 0 Å². The molecule has 1 saturated carbocycles. The molecule has 1 aromatic carbocycles. The van der Waals surface area contributed by atoms with Crippen molar-refractivity contribution in [3.05, 3.63) is 30.1 Å². The summed E-state index contributed by atoms with van der Waals surface area (Å²) >= 11 is 0. The molecule has 1 fully saturated rings. The Labute approximate surface area is 190 Å². The van der Waals surface area contributed by atoms with Gasteiger partial charge >= 0.3 is 5.97 Å². The van der Waals surface area contributed by atoms with Crippen LogP contribution in [0.5, 0.6) is 5.75 Å².